The third kappa shape index (κ3) is 6.68. The summed E-state index contributed by atoms with van der Waals surface area (Å²) < 4.78 is 27.1. The van der Waals surface area contributed by atoms with Crippen molar-refractivity contribution in [2.45, 2.75) is 29.8 Å². The number of carbonyl (C=O) groups excluding carboxylic acids is 2. The highest BCUT2D eigenvalue weighted by molar-refractivity contribution is 7.89. The second-order valence-electron chi connectivity index (χ2n) is 8.76. The van der Waals surface area contributed by atoms with Crippen molar-refractivity contribution < 1.29 is 27.9 Å². The van der Waals surface area contributed by atoms with E-state index in [4.69, 9.17) is 46.4 Å². The third-order valence-corrected chi connectivity index (χ3v) is 8.96. The zero-order valence-electron chi connectivity index (χ0n) is 20.3. The molecule has 0 bridgehead atoms. The maximum absolute atomic E-state index is 13.0. The molecule has 2 heterocycles. The number of benzene rings is 2. The molecule has 4 rings (SSSR count). The van der Waals surface area contributed by atoms with Gasteiger partial charge in [-0.25, -0.2) is 13.2 Å². The number of hydrogen-bond donors (Lipinski definition) is 3. The van der Waals surface area contributed by atoms with E-state index in [0.717, 1.165) is 4.31 Å². The number of nitrogens with zero attached hydrogens (tertiary/aromatic N) is 2. The van der Waals surface area contributed by atoms with Crippen LogP contribution in [0.1, 0.15) is 22.3 Å². The molecule has 15 heteroatoms. The lowest BCUT2D eigenvalue weighted by atomic mass is 10.0. The van der Waals surface area contributed by atoms with Gasteiger partial charge in [0.25, 0.3) is 5.91 Å². The highest BCUT2D eigenvalue weighted by atomic mass is 35.5. The number of amides is 2. The molecule has 210 valence electrons. The lowest BCUT2D eigenvalue weighted by molar-refractivity contribution is -0.143. The molecule has 1 saturated heterocycles. The third-order valence-electron chi connectivity index (χ3n) is 6.06. The quantitative estimate of drug-likeness (QED) is 0.310. The Labute approximate surface area is 249 Å². The minimum Gasteiger partial charge on any atom is -0.480 e. The van der Waals surface area contributed by atoms with Gasteiger partial charge in [0.2, 0.25) is 15.9 Å². The molecular formula is C25H20Cl4N4O6S. The zero-order chi connectivity index (χ0) is 29.2. The predicted octanol–water partition coefficient (Wildman–Crippen LogP) is 4.52. The molecule has 0 saturated carbocycles. The normalized spacial score (nSPS) is 16.1. The number of carboxylic acid groups (broad SMARTS) is 1. The predicted molar refractivity (Wildman–Crippen MR) is 151 cm³/mol. The van der Waals surface area contributed by atoms with Crippen LogP contribution in [-0.2, 0) is 26.0 Å². The van der Waals surface area contributed by atoms with Gasteiger partial charge >= 0.3 is 5.97 Å². The lowest BCUT2D eigenvalue weighted by Gasteiger charge is -2.38. The fraction of sp³-hybridized carbons (Fsp3) is 0.200. The number of pyridine rings is 1. The Morgan fingerprint density at radius 2 is 1.60 bits per heavy atom. The molecule has 10 nitrogen and oxygen atoms in total. The van der Waals surface area contributed by atoms with E-state index >= 15 is 0 Å². The molecule has 3 N–H and O–H groups in total. The molecule has 0 unspecified atom stereocenters. The van der Waals surface area contributed by atoms with E-state index in [1.807, 2.05) is 0 Å². The molecule has 2 amide bonds. The number of aromatic nitrogens is 1. The first-order chi connectivity index (χ1) is 18.9. The van der Waals surface area contributed by atoms with Crippen molar-refractivity contribution in [1.29, 1.82) is 0 Å². The standard InChI is InChI=1S/C25H20Cl4N4O6S/c26-14-8-15(27)10-17(9-14)40(38,39)33-6-5-21(33)23(34)32-20(25(36)37)7-13-1-3-16(4-2-13)31-24(35)22-18(28)11-30-12-19(22)29/h1-4,8-12,20-21H,5-7H2,(H,31,35)(H,32,34)(H,36,37)/t20-,21-/m0/s1. The number of carboxylic acids is 1. The summed E-state index contributed by atoms with van der Waals surface area (Å²) in [4.78, 5) is 41.0. The van der Waals surface area contributed by atoms with Crippen LogP contribution in [0.15, 0.2) is 59.8 Å². The van der Waals surface area contributed by atoms with E-state index in [9.17, 15) is 27.9 Å². The van der Waals surface area contributed by atoms with E-state index in [1.54, 1.807) is 24.3 Å². The summed E-state index contributed by atoms with van der Waals surface area (Å²) in [6.07, 6.45) is 2.69. The number of rotatable bonds is 9. The number of halogens is 4. The molecule has 2 atom stereocenters. The van der Waals surface area contributed by atoms with E-state index in [-0.39, 0.29) is 49.9 Å². The minimum atomic E-state index is -4.10. The van der Waals surface area contributed by atoms with Crippen LogP contribution in [0.4, 0.5) is 5.69 Å². The van der Waals surface area contributed by atoms with Crippen LogP contribution in [0.25, 0.3) is 0 Å². The number of nitrogens with one attached hydrogen (secondary N) is 2. The molecule has 0 aliphatic carbocycles. The molecule has 1 aromatic heterocycles. The van der Waals surface area contributed by atoms with E-state index < -0.39 is 39.9 Å². The van der Waals surface area contributed by atoms with Crippen LogP contribution in [0.2, 0.25) is 20.1 Å². The Balaban J connectivity index is 1.41. The molecule has 2 aromatic carbocycles. The van der Waals surface area contributed by atoms with Gasteiger partial charge in [-0.3, -0.25) is 14.6 Å². The summed E-state index contributed by atoms with van der Waals surface area (Å²) in [5.41, 5.74) is 0.990. The Kier molecular flexibility index (Phi) is 9.23. The molecule has 40 heavy (non-hydrogen) atoms. The maximum atomic E-state index is 13.0. The van der Waals surface area contributed by atoms with Crippen molar-refractivity contribution in [3.63, 3.8) is 0 Å². The first-order valence-corrected chi connectivity index (χ1v) is 14.5. The largest absolute Gasteiger partial charge is 0.480 e. The van der Waals surface area contributed by atoms with Crippen molar-refractivity contribution in [3.05, 3.63) is 86.1 Å². The van der Waals surface area contributed by atoms with Gasteiger partial charge in [-0.15, -0.1) is 0 Å². The first kappa shape index (κ1) is 30.0. The second kappa shape index (κ2) is 12.3. The van der Waals surface area contributed by atoms with E-state index in [0.29, 0.717) is 11.3 Å². The highest BCUT2D eigenvalue weighted by Crippen LogP contribution is 2.31. The van der Waals surface area contributed by atoms with Gasteiger partial charge in [0.1, 0.15) is 12.1 Å². The summed E-state index contributed by atoms with van der Waals surface area (Å²) in [5, 5.41) is 15.2. The lowest BCUT2D eigenvalue weighted by Crippen LogP contribution is -2.60. The van der Waals surface area contributed by atoms with Crippen molar-refractivity contribution in [3.8, 4) is 0 Å². The average molecular weight is 646 g/mol. The number of hydrogen-bond acceptors (Lipinski definition) is 6. The summed E-state index contributed by atoms with van der Waals surface area (Å²) in [7, 11) is -4.10. The number of aliphatic carboxylic acids is 1. The van der Waals surface area contributed by atoms with E-state index in [1.165, 1.54) is 30.6 Å². The summed E-state index contributed by atoms with van der Waals surface area (Å²) in [6.45, 7) is 0.0748. The van der Waals surface area contributed by atoms with Gasteiger partial charge in [0, 0.05) is 41.1 Å². The van der Waals surface area contributed by atoms with Crippen molar-refractivity contribution in [2.24, 2.45) is 0 Å². The molecule has 1 aliphatic heterocycles. The van der Waals surface area contributed by atoms with Crippen LogP contribution in [0.5, 0.6) is 0 Å². The van der Waals surface area contributed by atoms with Gasteiger partial charge in [-0.2, -0.15) is 4.31 Å². The van der Waals surface area contributed by atoms with E-state index in [2.05, 4.69) is 15.6 Å². The highest BCUT2D eigenvalue weighted by Gasteiger charge is 2.43. The maximum Gasteiger partial charge on any atom is 0.326 e. The average Bonchev–Trinajstić information content (AvgIpc) is 2.83. The number of carbonyl (C=O) groups is 3. The van der Waals surface area contributed by atoms with Crippen LogP contribution in [0, 0.1) is 0 Å². The smallest absolute Gasteiger partial charge is 0.326 e. The van der Waals surface area contributed by atoms with Crippen LogP contribution < -0.4 is 10.6 Å². The molecule has 3 aromatic rings. The fourth-order valence-electron chi connectivity index (χ4n) is 3.98. The Bertz CT molecular complexity index is 1550. The van der Waals surface area contributed by atoms with Crippen LogP contribution >= 0.6 is 46.4 Å². The SMILES string of the molecule is O=C(Nc1ccc(C[C@H](NC(=O)[C@@H]2CCN2S(=O)(=O)c2cc(Cl)cc(Cl)c2)C(=O)O)cc1)c1c(Cl)cncc1Cl. The monoisotopic (exact) mass is 644 g/mol. The van der Waals surface area contributed by atoms with Crippen molar-refractivity contribution in [2.75, 3.05) is 11.9 Å². The molecule has 0 spiro atoms. The first-order valence-electron chi connectivity index (χ1n) is 11.6. The van der Waals surface area contributed by atoms with Crippen LogP contribution in [-0.4, -0.2) is 59.2 Å². The van der Waals surface area contributed by atoms with Gasteiger partial charge in [-0.05, 0) is 42.3 Å². The van der Waals surface area contributed by atoms with Gasteiger partial charge < -0.3 is 15.7 Å². The van der Waals surface area contributed by atoms with Crippen LogP contribution in [0.3, 0.4) is 0 Å². The van der Waals surface area contributed by atoms with Crippen molar-refractivity contribution in [1.82, 2.24) is 14.6 Å². The van der Waals surface area contributed by atoms with Gasteiger partial charge in [-0.1, -0.05) is 58.5 Å². The topological polar surface area (TPSA) is 146 Å². The molecule has 1 fully saturated rings. The second-order valence-corrected chi connectivity index (χ2v) is 12.3. The Morgan fingerprint density at radius 1 is 1.00 bits per heavy atom. The minimum absolute atomic E-state index is 0.0570. The summed E-state index contributed by atoms with van der Waals surface area (Å²) >= 11 is 23.9. The molecule has 0 radical (unpaired) electrons. The molecular weight excluding hydrogens is 626 g/mol. The fourth-order valence-corrected chi connectivity index (χ4v) is 6.87. The molecule has 1 aliphatic rings. The van der Waals surface area contributed by atoms with Gasteiger partial charge in [0.05, 0.1) is 20.5 Å². The van der Waals surface area contributed by atoms with Crippen molar-refractivity contribution >= 4 is 79.9 Å². The number of sulfonamides is 1. The number of anilines is 1. The Morgan fingerprint density at radius 3 is 2.12 bits per heavy atom. The summed E-state index contributed by atoms with van der Waals surface area (Å²) in [5.74, 6) is -2.60. The Hall–Kier alpha value is -2.93. The summed E-state index contributed by atoms with van der Waals surface area (Å²) in [6, 6.07) is 7.66. The van der Waals surface area contributed by atoms with Gasteiger partial charge in [0.15, 0.2) is 0 Å². The zero-order valence-corrected chi connectivity index (χ0v) is 24.1.